The molecular weight excluding hydrogens is 382 g/mol. The van der Waals surface area contributed by atoms with Crippen LogP contribution in [-0.4, -0.2) is 38.8 Å². The molecule has 148 valence electrons. The van der Waals surface area contributed by atoms with E-state index < -0.39 is 0 Å². The Hall–Kier alpha value is -3.03. The molecule has 0 saturated heterocycles. The molecule has 2 aromatic heterocycles. The van der Waals surface area contributed by atoms with Gasteiger partial charge in [0, 0.05) is 23.5 Å². The van der Waals surface area contributed by atoms with Crippen LogP contribution >= 0.6 is 11.3 Å². The highest BCUT2D eigenvalue weighted by Gasteiger charge is 2.14. The molecule has 2 aromatic carbocycles. The first-order valence-corrected chi connectivity index (χ1v) is 10.3. The zero-order valence-electron chi connectivity index (χ0n) is 16.7. The molecule has 0 aliphatic rings. The first-order chi connectivity index (χ1) is 14.1. The first-order valence-electron chi connectivity index (χ1n) is 9.38. The molecule has 4 rings (SSSR count). The van der Waals surface area contributed by atoms with E-state index >= 15 is 0 Å². The molecule has 1 unspecified atom stereocenters. The number of thiazole rings is 1. The molecule has 0 saturated carbocycles. The van der Waals surface area contributed by atoms with Gasteiger partial charge in [0.1, 0.15) is 23.4 Å². The summed E-state index contributed by atoms with van der Waals surface area (Å²) >= 11 is 1.66. The van der Waals surface area contributed by atoms with E-state index in [1.165, 1.54) is 11.9 Å². The molecule has 29 heavy (non-hydrogen) atoms. The molecule has 0 N–H and O–H groups in total. The summed E-state index contributed by atoms with van der Waals surface area (Å²) in [5.74, 6) is 0.847. The molecule has 0 spiro atoms. The van der Waals surface area contributed by atoms with Crippen LogP contribution in [0.2, 0.25) is 0 Å². The van der Waals surface area contributed by atoms with Crippen LogP contribution in [0.25, 0.3) is 16.3 Å². The van der Waals surface area contributed by atoms with Crippen molar-refractivity contribution in [1.29, 1.82) is 0 Å². The van der Waals surface area contributed by atoms with E-state index in [1.54, 1.807) is 29.5 Å². The highest BCUT2D eigenvalue weighted by Crippen LogP contribution is 2.28. The number of methoxy groups -OCH3 is 1. The summed E-state index contributed by atoms with van der Waals surface area (Å²) in [5, 5.41) is 7.31. The molecule has 0 radical (unpaired) electrons. The van der Waals surface area contributed by atoms with Crippen molar-refractivity contribution < 1.29 is 4.74 Å². The molecule has 0 amide bonds. The molecule has 7 heteroatoms. The van der Waals surface area contributed by atoms with Gasteiger partial charge in [0.15, 0.2) is 0 Å². The van der Waals surface area contributed by atoms with Gasteiger partial charge in [-0.3, -0.25) is 4.90 Å². The summed E-state index contributed by atoms with van der Waals surface area (Å²) in [7, 11) is 3.81. The molecule has 1 atom stereocenters. The lowest BCUT2D eigenvalue weighted by atomic mass is 10.1. The van der Waals surface area contributed by atoms with Crippen molar-refractivity contribution >= 4 is 11.3 Å². The summed E-state index contributed by atoms with van der Waals surface area (Å²) in [5.41, 5.74) is 4.41. The van der Waals surface area contributed by atoms with E-state index in [0.29, 0.717) is 0 Å². The standard InChI is InChI=1S/C22H23N5OS/c1-16(17-7-9-20(10-8-17)27-15-23-14-24-27)26(2)12-19-13-29-22(25-19)18-5-4-6-21(11-18)28-3/h4-11,13-16H,12H2,1-3H3. The average Bonchev–Trinajstić information content (AvgIpc) is 3.46. The maximum Gasteiger partial charge on any atom is 0.138 e. The smallest absolute Gasteiger partial charge is 0.138 e. The summed E-state index contributed by atoms with van der Waals surface area (Å²) in [6.07, 6.45) is 3.24. The lowest BCUT2D eigenvalue weighted by Gasteiger charge is -2.24. The predicted molar refractivity (Wildman–Crippen MR) is 115 cm³/mol. The number of ether oxygens (including phenoxy) is 1. The van der Waals surface area contributed by atoms with Gasteiger partial charge in [0.25, 0.3) is 0 Å². The minimum absolute atomic E-state index is 0.266. The van der Waals surface area contributed by atoms with Gasteiger partial charge in [-0.2, -0.15) is 5.10 Å². The van der Waals surface area contributed by atoms with Crippen molar-refractivity contribution in [3.8, 4) is 22.0 Å². The van der Waals surface area contributed by atoms with Crippen molar-refractivity contribution in [3.63, 3.8) is 0 Å². The Kier molecular flexibility index (Phi) is 5.69. The van der Waals surface area contributed by atoms with Crippen molar-refractivity contribution in [2.75, 3.05) is 14.2 Å². The monoisotopic (exact) mass is 405 g/mol. The largest absolute Gasteiger partial charge is 0.497 e. The van der Waals surface area contributed by atoms with Crippen LogP contribution in [0.1, 0.15) is 24.2 Å². The van der Waals surface area contributed by atoms with Crippen molar-refractivity contribution in [1.82, 2.24) is 24.6 Å². The van der Waals surface area contributed by atoms with Gasteiger partial charge in [0.2, 0.25) is 0 Å². The Morgan fingerprint density at radius 2 is 2.00 bits per heavy atom. The van der Waals surface area contributed by atoms with Gasteiger partial charge in [-0.15, -0.1) is 11.3 Å². The van der Waals surface area contributed by atoms with E-state index in [4.69, 9.17) is 9.72 Å². The lowest BCUT2D eigenvalue weighted by molar-refractivity contribution is 0.250. The maximum atomic E-state index is 5.32. The minimum atomic E-state index is 0.266. The molecule has 6 nitrogen and oxygen atoms in total. The summed E-state index contributed by atoms with van der Waals surface area (Å²) in [6, 6.07) is 16.7. The molecule has 0 bridgehead atoms. The van der Waals surface area contributed by atoms with E-state index in [1.807, 2.05) is 18.2 Å². The van der Waals surface area contributed by atoms with E-state index in [-0.39, 0.29) is 6.04 Å². The normalized spacial score (nSPS) is 12.3. The van der Waals surface area contributed by atoms with Gasteiger partial charge in [-0.05, 0) is 43.8 Å². The Labute approximate surface area is 174 Å². The average molecular weight is 406 g/mol. The molecule has 2 heterocycles. The van der Waals surface area contributed by atoms with Gasteiger partial charge < -0.3 is 4.74 Å². The Balaban J connectivity index is 1.43. The van der Waals surface area contributed by atoms with Crippen molar-refractivity contribution in [2.24, 2.45) is 0 Å². The molecule has 0 aliphatic heterocycles. The van der Waals surface area contributed by atoms with Crippen LogP contribution in [0, 0.1) is 0 Å². The quantitative estimate of drug-likeness (QED) is 0.450. The Bertz CT molecular complexity index is 1060. The second kappa shape index (κ2) is 8.55. The van der Waals surface area contributed by atoms with Crippen molar-refractivity contribution in [3.05, 3.63) is 77.8 Å². The summed E-state index contributed by atoms with van der Waals surface area (Å²) in [4.78, 5) is 11.1. The van der Waals surface area contributed by atoms with E-state index in [2.05, 4.69) is 64.7 Å². The third kappa shape index (κ3) is 4.36. The van der Waals surface area contributed by atoms with E-state index in [0.717, 1.165) is 34.2 Å². The molecule has 0 fully saturated rings. The van der Waals surface area contributed by atoms with Crippen LogP contribution in [0.4, 0.5) is 0 Å². The van der Waals surface area contributed by atoms with Gasteiger partial charge in [-0.25, -0.2) is 14.6 Å². The SMILES string of the molecule is COc1cccc(-c2nc(CN(C)C(C)c3ccc(-n4cncn4)cc3)cs2)c1. The molecular formula is C22H23N5OS. The minimum Gasteiger partial charge on any atom is -0.497 e. The van der Waals surface area contributed by atoms with Crippen LogP contribution in [0.15, 0.2) is 66.6 Å². The molecule has 4 aromatic rings. The zero-order valence-corrected chi connectivity index (χ0v) is 17.5. The second-order valence-corrected chi connectivity index (χ2v) is 7.76. The fourth-order valence-corrected chi connectivity index (χ4v) is 3.97. The van der Waals surface area contributed by atoms with Gasteiger partial charge in [0.05, 0.1) is 18.5 Å². The van der Waals surface area contributed by atoms with Crippen LogP contribution in [0.5, 0.6) is 5.75 Å². The zero-order chi connectivity index (χ0) is 20.2. The van der Waals surface area contributed by atoms with Crippen LogP contribution < -0.4 is 4.74 Å². The van der Waals surface area contributed by atoms with Crippen LogP contribution in [-0.2, 0) is 6.54 Å². The third-order valence-corrected chi connectivity index (χ3v) is 5.94. The summed E-state index contributed by atoms with van der Waals surface area (Å²) < 4.78 is 7.08. The third-order valence-electron chi connectivity index (χ3n) is 5.00. The lowest BCUT2D eigenvalue weighted by Crippen LogP contribution is -2.22. The number of benzene rings is 2. The predicted octanol–water partition coefficient (Wildman–Crippen LogP) is 4.59. The van der Waals surface area contributed by atoms with Gasteiger partial charge >= 0.3 is 0 Å². The maximum absolute atomic E-state index is 5.32. The van der Waals surface area contributed by atoms with Crippen LogP contribution in [0.3, 0.4) is 0 Å². The number of aromatic nitrogens is 4. The highest BCUT2D eigenvalue weighted by molar-refractivity contribution is 7.13. The Morgan fingerprint density at radius 3 is 2.72 bits per heavy atom. The molecule has 0 aliphatic carbocycles. The Morgan fingerprint density at radius 1 is 1.17 bits per heavy atom. The first kappa shape index (κ1) is 19.3. The van der Waals surface area contributed by atoms with Gasteiger partial charge in [-0.1, -0.05) is 24.3 Å². The second-order valence-electron chi connectivity index (χ2n) is 6.90. The number of rotatable bonds is 7. The van der Waals surface area contributed by atoms with Crippen molar-refractivity contribution in [2.45, 2.75) is 19.5 Å². The fourth-order valence-electron chi connectivity index (χ4n) is 3.16. The number of hydrogen-bond donors (Lipinski definition) is 0. The summed E-state index contributed by atoms with van der Waals surface area (Å²) in [6.45, 7) is 2.99. The number of hydrogen-bond acceptors (Lipinski definition) is 6. The van der Waals surface area contributed by atoms with E-state index in [9.17, 15) is 0 Å². The highest BCUT2D eigenvalue weighted by atomic mass is 32.1. The number of nitrogens with zero attached hydrogens (tertiary/aromatic N) is 5. The fraction of sp³-hybridized carbons (Fsp3) is 0.227. The topological polar surface area (TPSA) is 56.1 Å².